The molecule has 0 radical (unpaired) electrons. The number of rotatable bonds is 2. The SMILES string of the molecule is CN(C(=S)[S-])C1(C)CCS(=O)(=O)C1.CN(C(=S)[S-])C1(C)CCS(=O)(=O)C1.[Ba+2]. The van der Waals surface area contributed by atoms with Crippen molar-refractivity contribution < 1.29 is 16.8 Å². The van der Waals surface area contributed by atoms with E-state index in [9.17, 15) is 16.8 Å². The molecule has 0 aromatic carbocycles. The Morgan fingerprint density at radius 3 is 1.22 bits per heavy atom. The first-order valence-corrected chi connectivity index (χ1v) is 13.1. The van der Waals surface area contributed by atoms with E-state index in [-0.39, 0.29) is 71.9 Å². The zero-order valence-corrected chi connectivity index (χ0v) is 25.3. The van der Waals surface area contributed by atoms with Gasteiger partial charge in [0.15, 0.2) is 19.7 Å². The molecule has 2 fully saturated rings. The zero-order chi connectivity index (χ0) is 20.6. The van der Waals surface area contributed by atoms with Crippen molar-refractivity contribution in [3.05, 3.63) is 0 Å². The fourth-order valence-electron chi connectivity index (χ4n) is 2.96. The molecular weight excluding hydrogens is 590 g/mol. The number of thiocarbonyl (C=S) groups is 2. The van der Waals surface area contributed by atoms with Crippen molar-refractivity contribution in [1.29, 1.82) is 0 Å². The summed E-state index contributed by atoms with van der Waals surface area (Å²) in [6.07, 6.45) is 1.23. The predicted molar refractivity (Wildman–Crippen MR) is 125 cm³/mol. The van der Waals surface area contributed by atoms with Crippen LogP contribution in [0.4, 0.5) is 0 Å². The van der Waals surface area contributed by atoms with Gasteiger partial charge in [0.05, 0.1) is 34.1 Å². The summed E-state index contributed by atoms with van der Waals surface area (Å²) in [4.78, 5) is 3.42. The van der Waals surface area contributed by atoms with Gasteiger partial charge in [-0.15, -0.1) is 0 Å². The molecule has 6 nitrogen and oxygen atoms in total. The third-order valence-electron chi connectivity index (χ3n) is 5.13. The molecule has 0 aliphatic carbocycles. The van der Waals surface area contributed by atoms with Gasteiger partial charge in [-0.25, -0.2) is 16.8 Å². The van der Waals surface area contributed by atoms with Gasteiger partial charge in [-0.05, 0) is 26.7 Å². The first-order valence-electron chi connectivity index (χ1n) is 7.84. The molecule has 0 bridgehead atoms. The van der Waals surface area contributed by atoms with Gasteiger partial charge in [-0.2, -0.15) is 0 Å². The number of hydrogen-bond donors (Lipinski definition) is 0. The second-order valence-electron chi connectivity index (χ2n) is 7.33. The smallest absolute Gasteiger partial charge is 0.411 e. The average Bonchev–Trinajstić information content (AvgIpc) is 2.94. The number of nitrogens with zero attached hydrogens (tertiary/aromatic N) is 2. The monoisotopic (exact) mass is 614 g/mol. The molecular formula is C14H24BaN2O4S6. The Bertz CT molecular complexity index is 721. The van der Waals surface area contributed by atoms with Gasteiger partial charge in [0.25, 0.3) is 0 Å². The summed E-state index contributed by atoms with van der Waals surface area (Å²) in [5, 5.41) is 0. The van der Waals surface area contributed by atoms with Crippen LogP contribution in [-0.4, -0.2) is 132 Å². The van der Waals surface area contributed by atoms with E-state index in [1.54, 1.807) is 23.9 Å². The molecule has 0 aromatic rings. The van der Waals surface area contributed by atoms with Gasteiger partial charge in [0.1, 0.15) is 0 Å². The van der Waals surface area contributed by atoms with E-state index in [0.29, 0.717) is 21.5 Å². The minimum absolute atomic E-state index is 0. The summed E-state index contributed by atoms with van der Waals surface area (Å²) in [6, 6.07) is 0. The summed E-state index contributed by atoms with van der Waals surface area (Å²) in [5.41, 5.74) is -0.782. The Hall–Kier alpha value is 1.69. The number of sulfone groups is 2. The molecule has 2 aliphatic rings. The first-order chi connectivity index (χ1) is 11.5. The minimum Gasteiger partial charge on any atom is -0.411 e. The van der Waals surface area contributed by atoms with Crippen molar-refractivity contribution in [2.75, 3.05) is 37.1 Å². The van der Waals surface area contributed by atoms with Crippen LogP contribution in [0, 0.1) is 0 Å². The molecule has 2 saturated heterocycles. The summed E-state index contributed by atoms with van der Waals surface area (Å²) in [5.74, 6) is 0.804. The van der Waals surface area contributed by atoms with Crippen LogP contribution in [-0.2, 0) is 44.9 Å². The fraction of sp³-hybridized carbons (Fsp3) is 0.857. The Kier molecular flexibility index (Phi) is 11.0. The molecule has 13 heteroatoms. The van der Waals surface area contributed by atoms with E-state index in [1.807, 2.05) is 13.8 Å². The van der Waals surface area contributed by atoms with Gasteiger partial charge in [0.2, 0.25) is 0 Å². The van der Waals surface area contributed by atoms with Crippen molar-refractivity contribution in [2.24, 2.45) is 0 Å². The van der Waals surface area contributed by atoms with Gasteiger partial charge in [-0.3, -0.25) is 0 Å². The maximum atomic E-state index is 11.3. The van der Waals surface area contributed by atoms with Crippen molar-refractivity contribution in [1.82, 2.24) is 9.80 Å². The molecule has 2 heterocycles. The van der Waals surface area contributed by atoms with Crippen LogP contribution in [0.5, 0.6) is 0 Å². The topological polar surface area (TPSA) is 74.8 Å². The molecule has 2 rings (SSSR count). The van der Waals surface area contributed by atoms with Crippen LogP contribution in [0.15, 0.2) is 0 Å². The molecule has 0 saturated carbocycles. The third-order valence-corrected chi connectivity index (χ3v) is 10.0. The second kappa shape index (κ2) is 10.3. The number of hydrogen-bond acceptors (Lipinski definition) is 8. The molecule has 27 heavy (non-hydrogen) atoms. The van der Waals surface area contributed by atoms with E-state index < -0.39 is 30.8 Å². The molecule has 0 amide bonds. The quantitative estimate of drug-likeness (QED) is 0.246. The molecule has 152 valence electrons. The van der Waals surface area contributed by atoms with E-state index in [2.05, 4.69) is 0 Å². The Labute approximate surface area is 225 Å². The Morgan fingerprint density at radius 2 is 1.07 bits per heavy atom. The average molecular weight is 614 g/mol. The van der Waals surface area contributed by atoms with E-state index >= 15 is 0 Å². The van der Waals surface area contributed by atoms with Crippen molar-refractivity contribution in [3.8, 4) is 0 Å². The van der Waals surface area contributed by atoms with Crippen LogP contribution in [0.3, 0.4) is 0 Å². The fourth-order valence-corrected chi connectivity index (χ4v) is 8.20. The Balaban J connectivity index is 0.000000483. The van der Waals surface area contributed by atoms with Crippen LogP contribution in [0.1, 0.15) is 26.7 Å². The van der Waals surface area contributed by atoms with Crippen LogP contribution < -0.4 is 0 Å². The van der Waals surface area contributed by atoms with Crippen molar-refractivity contribution >= 4 is 127 Å². The largest absolute Gasteiger partial charge is 2.00 e. The maximum absolute atomic E-state index is 11.3. The van der Waals surface area contributed by atoms with E-state index in [0.717, 1.165) is 0 Å². The molecule has 0 aromatic heterocycles. The van der Waals surface area contributed by atoms with Gasteiger partial charge < -0.3 is 59.5 Å². The standard InChI is InChI=1S/2C7H13NO2S3.Ba/c2*1-7(8(2)6(11)12)3-4-13(9,10)5-7;/h2*3-5H2,1-2H3,(H,11,12);/q;;+2/p-2. The molecule has 2 unspecified atom stereocenters. The van der Waals surface area contributed by atoms with E-state index in [1.165, 1.54) is 0 Å². The molecule has 0 N–H and O–H groups in total. The zero-order valence-electron chi connectivity index (χ0n) is 15.9. The van der Waals surface area contributed by atoms with Gasteiger partial charge in [-0.1, -0.05) is 8.64 Å². The second-order valence-corrected chi connectivity index (χ2v) is 13.8. The predicted octanol–water partition coefficient (Wildman–Crippen LogP) is 0.274. The van der Waals surface area contributed by atoms with Gasteiger partial charge >= 0.3 is 48.9 Å². The van der Waals surface area contributed by atoms with Crippen LogP contribution in [0.25, 0.3) is 0 Å². The normalized spacial score (nSPS) is 30.4. The molecule has 0 spiro atoms. The third kappa shape index (κ3) is 8.04. The Morgan fingerprint density at radius 1 is 0.815 bits per heavy atom. The van der Waals surface area contributed by atoms with Crippen molar-refractivity contribution in [3.63, 3.8) is 0 Å². The summed E-state index contributed by atoms with van der Waals surface area (Å²) < 4.78 is 45.7. The summed E-state index contributed by atoms with van der Waals surface area (Å²) in [7, 11) is -2.24. The van der Waals surface area contributed by atoms with E-state index in [4.69, 9.17) is 49.7 Å². The first kappa shape index (κ1) is 28.7. The minimum atomic E-state index is -2.88. The van der Waals surface area contributed by atoms with Gasteiger partial charge in [0, 0.05) is 14.1 Å². The van der Waals surface area contributed by atoms with Crippen LogP contribution >= 0.6 is 24.4 Å². The summed E-state index contributed by atoms with van der Waals surface area (Å²) in [6.45, 7) is 3.77. The maximum Gasteiger partial charge on any atom is 2.00 e. The molecule has 2 aliphatic heterocycles. The summed E-state index contributed by atoms with van der Waals surface area (Å²) >= 11 is 19.4. The van der Waals surface area contributed by atoms with Crippen LogP contribution in [0.2, 0.25) is 0 Å². The molecule has 2 atom stereocenters. The van der Waals surface area contributed by atoms with Crippen molar-refractivity contribution in [2.45, 2.75) is 37.8 Å².